The number of aliphatic carboxylic acids is 1. The Kier molecular flexibility index (Phi) is 8.46. The summed E-state index contributed by atoms with van der Waals surface area (Å²) in [5, 5.41) is 9.36. The highest BCUT2D eigenvalue weighted by Gasteiger charge is 2.41. The molecule has 0 amide bonds. The van der Waals surface area contributed by atoms with Crippen LogP contribution in [-0.2, 0) is 23.8 Å². The highest BCUT2D eigenvalue weighted by Crippen LogP contribution is 2.39. The lowest BCUT2D eigenvalue weighted by atomic mass is 9.82. The van der Waals surface area contributed by atoms with E-state index >= 15 is 0 Å². The molecule has 1 aromatic rings. The topological polar surface area (TPSA) is 82.1 Å². The maximum absolute atomic E-state index is 11.6. The lowest BCUT2D eigenvalue weighted by Gasteiger charge is -2.42. The first-order valence-corrected chi connectivity index (χ1v) is 10.7. The highest BCUT2D eigenvalue weighted by molar-refractivity contribution is 6.31. The first-order valence-electron chi connectivity index (χ1n) is 10.4. The van der Waals surface area contributed by atoms with Gasteiger partial charge in [-0.15, -0.1) is 0 Å². The number of hydrogen-bond acceptors (Lipinski definition) is 5. The molecule has 0 saturated carbocycles. The zero-order valence-corrected chi connectivity index (χ0v) is 18.1. The minimum absolute atomic E-state index is 0.000904. The van der Waals surface area contributed by atoms with Gasteiger partial charge in [0.05, 0.1) is 12.7 Å². The van der Waals surface area contributed by atoms with Gasteiger partial charge in [0, 0.05) is 35.8 Å². The van der Waals surface area contributed by atoms with Crippen molar-refractivity contribution >= 4 is 23.5 Å². The summed E-state index contributed by atoms with van der Waals surface area (Å²) >= 11 is 6.36. The van der Waals surface area contributed by atoms with Crippen molar-refractivity contribution in [1.29, 1.82) is 0 Å². The van der Waals surface area contributed by atoms with Crippen LogP contribution in [0.3, 0.4) is 0 Å². The summed E-state index contributed by atoms with van der Waals surface area (Å²) in [6.07, 6.45) is 11.3. The number of halogens is 1. The predicted octanol–water partition coefficient (Wildman–Crippen LogP) is 4.86. The van der Waals surface area contributed by atoms with E-state index in [1.165, 1.54) is 6.92 Å². The molecule has 0 spiro atoms. The minimum Gasteiger partial charge on any atom is -0.481 e. The molecule has 1 aliphatic carbocycles. The van der Waals surface area contributed by atoms with Crippen molar-refractivity contribution in [3.8, 4) is 0 Å². The molecular weight excluding hydrogens is 420 g/mol. The van der Waals surface area contributed by atoms with Crippen LogP contribution in [0, 0.1) is 11.8 Å². The van der Waals surface area contributed by atoms with Crippen LogP contribution in [-0.4, -0.2) is 35.9 Å². The second kappa shape index (κ2) is 11.3. The number of carbonyl (C=O) groups excluding carboxylic acids is 1. The second-order valence-electron chi connectivity index (χ2n) is 7.61. The van der Waals surface area contributed by atoms with Crippen molar-refractivity contribution in [2.75, 3.05) is 6.61 Å². The largest absolute Gasteiger partial charge is 0.481 e. The Balaban J connectivity index is 1.78. The van der Waals surface area contributed by atoms with E-state index in [0.717, 1.165) is 5.56 Å². The van der Waals surface area contributed by atoms with Gasteiger partial charge in [-0.25, -0.2) is 0 Å². The third kappa shape index (κ3) is 6.53. The average molecular weight is 447 g/mol. The number of carbonyl (C=O) groups is 2. The van der Waals surface area contributed by atoms with E-state index in [2.05, 4.69) is 0 Å². The molecule has 1 aromatic carbocycles. The van der Waals surface area contributed by atoms with Gasteiger partial charge in [-0.1, -0.05) is 60.2 Å². The van der Waals surface area contributed by atoms with Gasteiger partial charge in [-0.2, -0.15) is 0 Å². The van der Waals surface area contributed by atoms with Crippen LogP contribution in [0.5, 0.6) is 0 Å². The fraction of sp³-hybridized carbons (Fsp3) is 0.417. The Morgan fingerprint density at radius 2 is 2.00 bits per heavy atom. The molecule has 166 valence electrons. The molecule has 0 bridgehead atoms. The normalized spacial score (nSPS) is 28.0. The number of ether oxygens (including phenoxy) is 3. The second-order valence-corrected chi connectivity index (χ2v) is 8.02. The standard InChI is InChI=1S/C24H27ClO6/c1-16(26)30-21-13-8-6-11-19(21)23-17(9-3-2-4-14-22(27)28)15-29-24(31-23)18-10-5-7-12-20(18)25/h2-3,5-8,10-13,17,19,21,23-24H,4,9,14-15H2,1H3,(H,27,28)/b3-2-/t17-,19?,21?,23+,24+/m0/s1. The van der Waals surface area contributed by atoms with E-state index in [1.807, 2.05) is 54.7 Å². The number of benzene rings is 1. The number of carboxylic acids is 1. The van der Waals surface area contributed by atoms with Gasteiger partial charge < -0.3 is 19.3 Å². The summed E-state index contributed by atoms with van der Waals surface area (Å²) < 4.78 is 17.9. The van der Waals surface area contributed by atoms with E-state index < -0.39 is 18.4 Å². The van der Waals surface area contributed by atoms with Crippen LogP contribution in [0.15, 0.2) is 60.7 Å². The first-order chi connectivity index (χ1) is 15.0. The molecule has 2 unspecified atom stereocenters. The summed E-state index contributed by atoms with van der Waals surface area (Å²) in [5.74, 6) is -1.35. The molecule has 7 heteroatoms. The van der Waals surface area contributed by atoms with Crippen molar-refractivity contribution in [3.63, 3.8) is 0 Å². The maximum atomic E-state index is 11.6. The van der Waals surface area contributed by atoms with Crippen molar-refractivity contribution in [1.82, 2.24) is 0 Å². The van der Waals surface area contributed by atoms with Gasteiger partial charge in [0.1, 0.15) is 6.10 Å². The molecule has 31 heavy (non-hydrogen) atoms. The van der Waals surface area contributed by atoms with E-state index in [-0.39, 0.29) is 30.3 Å². The summed E-state index contributed by atoms with van der Waals surface area (Å²) in [6.45, 7) is 1.83. The molecule has 3 rings (SSSR count). The van der Waals surface area contributed by atoms with Gasteiger partial charge in [0.25, 0.3) is 0 Å². The summed E-state index contributed by atoms with van der Waals surface area (Å²) in [5.41, 5.74) is 0.754. The molecule has 0 radical (unpaired) electrons. The van der Waals surface area contributed by atoms with Crippen LogP contribution >= 0.6 is 11.6 Å². The monoisotopic (exact) mass is 446 g/mol. The van der Waals surface area contributed by atoms with Crippen molar-refractivity contribution < 1.29 is 28.9 Å². The zero-order chi connectivity index (χ0) is 22.2. The molecule has 1 N–H and O–H groups in total. The molecule has 5 atom stereocenters. The lowest BCUT2D eigenvalue weighted by Crippen LogP contribution is -2.45. The fourth-order valence-electron chi connectivity index (χ4n) is 3.84. The number of rotatable bonds is 8. The fourth-order valence-corrected chi connectivity index (χ4v) is 4.07. The Morgan fingerprint density at radius 1 is 1.23 bits per heavy atom. The maximum Gasteiger partial charge on any atom is 0.303 e. The molecule has 1 heterocycles. The van der Waals surface area contributed by atoms with E-state index in [1.54, 1.807) is 6.07 Å². The summed E-state index contributed by atoms with van der Waals surface area (Å²) in [7, 11) is 0. The molecule has 1 aliphatic heterocycles. The van der Waals surface area contributed by atoms with Crippen molar-refractivity contribution in [2.24, 2.45) is 11.8 Å². The minimum atomic E-state index is -0.821. The van der Waals surface area contributed by atoms with Crippen LogP contribution < -0.4 is 0 Å². The predicted molar refractivity (Wildman–Crippen MR) is 116 cm³/mol. The van der Waals surface area contributed by atoms with E-state index in [0.29, 0.717) is 24.5 Å². The molecule has 1 fully saturated rings. The number of carboxylic acid groups (broad SMARTS) is 1. The molecule has 2 aliphatic rings. The average Bonchev–Trinajstić information content (AvgIpc) is 2.74. The third-order valence-corrected chi connectivity index (χ3v) is 5.65. The van der Waals surface area contributed by atoms with Crippen LogP contribution in [0.4, 0.5) is 0 Å². The van der Waals surface area contributed by atoms with E-state index in [9.17, 15) is 9.59 Å². The van der Waals surface area contributed by atoms with Gasteiger partial charge in [0.2, 0.25) is 0 Å². The Morgan fingerprint density at radius 3 is 2.74 bits per heavy atom. The van der Waals surface area contributed by atoms with Crippen LogP contribution in [0.25, 0.3) is 0 Å². The number of esters is 1. The molecule has 0 aromatic heterocycles. The highest BCUT2D eigenvalue weighted by atomic mass is 35.5. The Hall–Kier alpha value is -2.41. The van der Waals surface area contributed by atoms with Gasteiger partial charge in [-0.3, -0.25) is 9.59 Å². The summed E-state index contributed by atoms with van der Waals surface area (Å²) in [4.78, 5) is 22.3. The molecular formula is C24H27ClO6. The molecule has 1 saturated heterocycles. The third-order valence-electron chi connectivity index (χ3n) is 5.30. The molecule has 6 nitrogen and oxygen atoms in total. The first kappa shape index (κ1) is 23.3. The lowest BCUT2D eigenvalue weighted by molar-refractivity contribution is -0.254. The Bertz CT molecular complexity index is 861. The van der Waals surface area contributed by atoms with Crippen LogP contribution in [0.1, 0.15) is 38.0 Å². The van der Waals surface area contributed by atoms with Gasteiger partial charge in [0.15, 0.2) is 6.29 Å². The van der Waals surface area contributed by atoms with Gasteiger partial charge >= 0.3 is 11.9 Å². The zero-order valence-electron chi connectivity index (χ0n) is 17.4. The summed E-state index contributed by atoms with van der Waals surface area (Å²) in [6, 6.07) is 7.39. The number of allylic oxidation sites excluding steroid dienone is 4. The van der Waals surface area contributed by atoms with Crippen molar-refractivity contribution in [2.45, 2.75) is 44.7 Å². The Labute approximate surface area is 187 Å². The van der Waals surface area contributed by atoms with Crippen LogP contribution in [0.2, 0.25) is 5.02 Å². The quantitative estimate of drug-likeness (QED) is 0.453. The SMILES string of the molecule is CC(=O)OC1C=CC=CC1[C@@H]1O[C@H](c2ccccc2Cl)OC[C@@H]1C/C=C\CCC(=O)O. The smallest absolute Gasteiger partial charge is 0.303 e. The van der Waals surface area contributed by atoms with E-state index in [4.69, 9.17) is 30.9 Å². The van der Waals surface area contributed by atoms with Crippen molar-refractivity contribution in [3.05, 3.63) is 71.3 Å². The van der Waals surface area contributed by atoms with Gasteiger partial charge in [-0.05, 0) is 25.0 Å². The number of hydrogen-bond donors (Lipinski definition) is 1.